The zero-order valence-corrected chi connectivity index (χ0v) is 10.2. The highest BCUT2D eigenvalue weighted by Gasteiger charge is 2.38. The number of rotatable bonds is 3. The van der Waals surface area contributed by atoms with Crippen molar-refractivity contribution in [3.63, 3.8) is 0 Å². The molecule has 1 fully saturated rings. The van der Waals surface area contributed by atoms with E-state index in [2.05, 4.69) is 19.2 Å². The smallest absolute Gasteiger partial charge is 0.251 e. The molecule has 0 aromatic heterocycles. The molecule has 0 spiro atoms. The van der Waals surface area contributed by atoms with Gasteiger partial charge in [-0.25, -0.2) is 0 Å². The number of nitrogens with one attached hydrogen (secondary N) is 1. The van der Waals surface area contributed by atoms with Crippen molar-refractivity contribution >= 4 is 5.91 Å². The minimum absolute atomic E-state index is 0.0981. The van der Waals surface area contributed by atoms with E-state index >= 15 is 0 Å². The molecule has 1 amide bonds. The highest BCUT2D eigenvalue weighted by atomic mass is 16.1. The Hall–Kier alpha value is -1.82. The molecule has 1 aliphatic rings. The first kappa shape index (κ1) is 11.7. The molecule has 3 nitrogen and oxygen atoms in total. The van der Waals surface area contributed by atoms with E-state index < -0.39 is 0 Å². The molecule has 0 heterocycles. The standard InChI is InChI=1S/C14H16N2O/c1-14(2,12-6-7-12)16-13(17)11-5-3-4-10(8-11)9-15/h3-5,8,12H,6-7H2,1-2H3,(H,16,17). The van der Waals surface area contributed by atoms with Crippen LogP contribution in [0.5, 0.6) is 0 Å². The van der Waals surface area contributed by atoms with Gasteiger partial charge >= 0.3 is 0 Å². The van der Waals surface area contributed by atoms with Gasteiger partial charge in [0.25, 0.3) is 5.91 Å². The molecule has 1 N–H and O–H groups in total. The van der Waals surface area contributed by atoms with Crippen molar-refractivity contribution in [2.75, 3.05) is 0 Å². The molecule has 1 saturated carbocycles. The molecular weight excluding hydrogens is 212 g/mol. The van der Waals surface area contributed by atoms with Gasteiger partial charge in [0.2, 0.25) is 0 Å². The second kappa shape index (κ2) is 4.21. The van der Waals surface area contributed by atoms with E-state index in [1.807, 2.05) is 6.07 Å². The van der Waals surface area contributed by atoms with E-state index in [0.717, 1.165) is 0 Å². The first-order valence-electron chi connectivity index (χ1n) is 5.85. The second-order valence-electron chi connectivity index (χ2n) is 5.14. The molecule has 0 atom stereocenters. The topological polar surface area (TPSA) is 52.9 Å². The summed E-state index contributed by atoms with van der Waals surface area (Å²) in [6, 6.07) is 8.83. The third-order valence-electron chi connectivity index (χ3n) is 3.29. The molecule has 0 bridgehead atoms. The van der Waals surface area contributed by atoms with Gasteiger partial charge in [0.15, 0.2) is 0 Å². The number of nitrogens with zero attached hydrogens (tertiary/aromatic N) is 1. The molecule has 0 aliphatic heterocycles. The summed E-state index contributed by atoms with van der Waals surface area (Å²) in [5.74, 6) is 0.490. The lowest BCUT2D eigenvalue weighted by Gasteiger charge is -2.26. The van der Waals surface area contributed by atoms with Gasteiger partial charge in [0, 0.05) is 11.1 Å². The summed E-state index contributed by atoms with van der Waals surface area (Å²) < 4.78 is 0. The monoisotopic (exact) mass is 228 g/mol. The number of benzene rings is 1. The highest BCUT2D eigenvalue weighted by Crippen LogP contribution is 2.39. The third-order valence-corrected chi connectivity index (χ3v) is 3.29. The van der Waals surface area contributed by atoms with Crippen molar-refractivity contribution in [1.82, 2.24) is 5.32 Å². The van der Waals surface area contributed by atoms with Crippen LogP contribution in [0.2, 0.25) is 0 Å². The largest absolute Gasteiger partial charge is 0.347 e. The summed E-state index contributed by atoms with van der Waals surface area (Å²) in [6.07, 6.45) is 2.37. The van der Waals surface area contributed by atoms with E-state index in [1.54, 1.807) is 24.3 Å². The Morgan fingerprint density at radius 1 is 1.47 bits per heavy atom. The maximum absolute atomic E-state index is 12.0. The maximum atomic E-state index is 12.0. The molecule has 0 radical (unpaired) electrons. The molecule has 17 heavy (non-hydrogen) atoms. The molecule has 1 aromatic carbocycles. The van der Waals surface area contributed by atoms with Crippen LogP contribution in [0.4, 0.5) is 0 Å². The van der Waals surface area contributed by atoms with Gasteiger partial charge in [-0.1, -0.05) is 6.07 Å². The predicted molar refractivity (Wildman–Crippen MR) is 65.4 cm³/mol. The Labute approximate surface area is 101 Å². The van der Waals surface area contributed by atoms with E-state index in [-0.39, 0.29) is 11.4 Å². The third kappa shape index (κ3) is 2.65. The van der Waals surface area contributed by atoms with Crippen molar-refractivity contribution in [1.29, 1.82) is 5.26 Å². The summed E-state index contributed by atoms with van der Waals surface area (Å²) in [5.41, 5.74) is 0.916. The van der Waals surface area contributed by atoms with Crippen LogP contribution in [0.25, 0.3) is 0 Å². The number of hydrogen-bond donors (Lipinski definition) is 1. The van der Waals surface area contributed by atoms with Crippen LogP contribution in [0.3, 0.4) is 0 Å². The van der Waals surface area contributed by atoms with Crippen molar-refractivity contribution < 1.29 is 4.79 Å². The number of carbonyl (C=O) groups excluding carboxylic acids is 1. The minimum atomic E-state index is -0.153. The number of nitriles is 1. The van der Waals surface area contributed by atoms with E-state index in [9.17, 15) is 4.79 Å². The second-order valence-corrected chi connectivity index (χ2v) is 5.14. The molecule has 88 valence electrons. The van der Waals surface area contributed by atoms with Crippen LogP contribution in [0.1, 0.15) is 42.6 Å². The summed E-state index contributed by atoms with van der Waals surface area (Å²) >= 11 is 0. The minimum Gasteiger partial charge on any atom is -0.347 e. The molecule has 0 unspecified atom stereocenters. The van der Waals surface area contributed by atoms with Crippen molar-refractivity contribution in [3.8, 4) is 6.07 Å². The normalized spacial score (nSPS) is 15.1. The van der Waals surface area contributed by atoms with Gasteiger partial charge in [-0.05, 0) is 50.8 Å². The Morgan fingerprint density at radius 3 is 2.76 bits per heavy atom. The zero-order chi connectivity index (χ0) is 12.5. The van der Waals surface area contributed by atoms with Crippen LogP contribution in [0, 0.1) is 17.2 Å². The van der Waals surface area contributed by atoms with Crippen LogP contribution < -0.4 is 5.32 Å². The summed E-state index contributed by atoms with van der Waals surface area (Å²) in [6.45, 7) is 4.10. The summed E-state index contributed by atoms with van der Waals surface area (Å²) in [4.78, 5) is 12.0. The Balaban J connectivity index is 2.11. The lowest BCUT2D eigenvalue weighted by Crippen LogP contribution is -2.45. The highest BCUT2D eigenvalue weighted by molar-refractivity contribution is 5.95. The average Bonchev–Trinajstić information content (AvgIpc) is 3.12. The molecular formula is C14H16N2O. The van der Waals surface area contributed by atoms with Gasteiger partial charge in [0.1, 0.15) is 0 Å². The predicted octanol–water partition coefficient (Wildman–Crippen LogP) is 2.48. The maximum Gasteiger partial charge on any atom is 0.251 e. The van der Waals surface area contributed by atoms with Crippen molar-refractivity contribution in [2.24, 2.45) is 5.92 Å². The number of amides is 1. The van der Waals surface area contributed by atoms with Gasteiger partial charge < -0.3 is 5.32 Å². The lowest BCUT2D eigenvalue weighted by atomic mass is 9.98. The van der Waals surface area contributed by atoms with Gasteiger partial charge in [0.05, 0.1) is 11.6 Å². The molecule has 1 aromatic rings. The van der Waals surface area contributed by atoms with Crippen molar-refractivity contribution in [2.45, 2.75) is 32.2 Å². The Kier molecular flexibility index (Phi) is 2.89. The van der Waals surface area contributed by atoms with Gasteiger partial charge in [-0.15, -0.1) is 0 Å². The Bertz CT molecular complexity index is 481. The van der Waals surface area contributed by atoms with Crippen LogP contribution >= 0.6 is 0 Å². The Morgan fingerprint density at radius 2 is 2.18 bits per heavy atom. The van der Waals surface area contributed by atoms with Crippen molar-refractivity contribution in [3.05, 3.63) is 35.4 Å². The SMILES string of the molecule is CC(C)(NC(=O)c1cccc(C#N)c1)C1CC1. The van der Waals surface area contributed by atoms with E-state index in [4.69, 9.17) is 5.26 Å². The van der Waals surface area contributed by atoms with Crippen LogP contribution in [-0.4, -0.2) is 11.4 Å². The average molecular weight is 228 g/mol. The fourth-order valence-electron chi connectivity index (χ4n) is 2.00. The van der Waals surface area contributed by atoms with Gasteiger partial charge in [-0.3, -0.25) is 4.79 Å². The molecule has 3 heteroatoms. The van der Waals surface area contributed by atoms with E-state index in [1.165, 1.54) is 12.8 Å². The fourth-order valence-corrected chi connectivity index (χ4v) is 2.00. The first-order valence-corrected chi connectivity index (χ1v) is 5.85. The van der Waals surface area contributed by atoms with E-state index in [0.29, 0.717) is 17.0 Å². The number of carbonyl (C=O) groups is 1. The molecule has 0 saturated heterocycles. The molecule has 2 rings (SSSR count). The fraction of sp³-hybridized carbons (Fsp3) is 0.429. The summed E-state index contributed by atoms with van der Waals surface area (Å²) in [7, 11) is 0. The summed E-state index contributed by atoms with van der Waals surface area (Å²) in [5, 5.41) is 11.8. The number of hydrogen-bond acceptors (Lipinski definition) is 2. The zero-order valence-electron chi connectivity index (χ0n) is 10.2. The van der Waals surface area contributed by atoms with Gasteiger partial charge in [-0.2, -0.15) is 5.26 Å². The lowest BCUT2D eigenvalue weighted by molar-refractivity contribution is 0.0903. The first-order chi connectivity index (χ1) is 8.03. The van der Waals surface area contributed by atoms with Crippen LogP contribution in [0.15, 0.2) is 24.3 Å². The quantitative estimate of drug-likeness (QED) is 0.864. The molecule has 1 aliphatic carbocycles. The van der Waals surface area contributed by atoms with Crippen LogP contribution in [-0.2, 0) is 0 Å².